The minimum Gasteiger partial charge on any atom is -0.312 e. The van der Waals surface area contributed by atoms with Crippen molar-refractivity contribution in [3.8, 4) is 0 Å². The fraction of sp³-hybridized carbons (Fsp3) is 0.812. The molecule has 0 spiro atoms. The summed E-state index contributed by atoms with van der Waals surface area (Å²) in [7, 11) is 4.16. The SMILES string of the molecule is CN(CCCCCCNC(C)(C)C)Cc1cnn(C)c1. The van der Waals surface area contributed by atoms with Crippen LogP contribution < -0.4 is 5.32 Å². The van der Waals surface area contributed by atoms with E-state index in [4.69, 9.17) is 0 Å². The Bertz CT molecular complexity index is 365. The highest BCUT2D eigenvalue weighted by Gasteiger charge is 2.07. The molecular weight excluding hydrogens is 248 g/mol. The molecule has 116 valence electrons. The molecule has 1 aromatic rings. The second kappa shape index (κ2) is 8.42. The van der Waals surface area contributed by atoms with E-state index in [0.717, 1.165) is 13.1 Å². The Balaban J connectivity index is 1.98. The van der Waals surface area contributed by atoms with Gasteiger partial charge in [-0.1, -0.05) is 12.8 Å². The van der Waals surface area contributed by atoms with Crippen molar-refractivity contribution in [1.82, 2.24) is 20.0 Å². The molecule has 0 aromatic carbocycles. The smallest absolute Gasteiger partial charge is 0.0534 e. The van der Waals surface area contributed by atoms with Crippen molar-refractivity contribution in [2.45, 2.75) is 58.5 Å². The Morgan fingerprint density at radius 2 is 1.90 bits per heavy atom. The number of hydrogen-bond acceptors (Lipinski definition) is 3. The fourth-order valence-corrected chi connectivity index (χ4v) is 2.27. The minimum atomic E-state index is 0.254. The van der Waals surface area contributed by atoms with Crippen LogP contribution in [0.25, 0.3) is 0 Å². The van der Waals surface area contributed by atoms with Gasteiger partial charge >= 0.3 is 0 Å². The average Bonchev–Trinajstić information content (AvgIpc) is 2.72. The summed E-state index contributed by atoms with van der Waals surface area (Å²) in [6, 6.07) is 0. The van der Waals surface area contributed by atoms with Gasteiger partial charge in [0.15, 0.2) is 0 Å². The molecule has 0 bridgehead atoms. The van der Waals surface area contributed by atoms with E-state index in [1.807, 2.05) is 17.9 Å². The first kappa shape index (κ1) is 17.2. The van der Waals surface area contributed by atoms with E-state index in [9.17, 15) is 0 Å². The van der Waals surface area contributed by atoms with Crippen molar-refractivity contribution in [2.75, 3.05) is 20.1 Å². The van der Waals surface area contributed by atoms with Gasteiger partial charge in [0.1, 0.15) is 0 Å². The first-order chi connectivity index (χ1) is 9.37. The van der Waals surface area contributed by atoms with Crippen molar-refractivity contribution in [3.05, 3.63) is 18.0 Å². The van der Waals surface area contributed by atoms with Crippen LogP contribution in [0.4, 0.5) is 0 Å². The molecule has 0 saturated carbocycles. The average molecular weight is 280 g/mol. The van der Waals surface area contributed by atoms with E-state index in [-0.39, 0.29) is 5.54 Å². The van der Waals surface area contributed by atoms with E-state index in [1.54, 1.807) is 0 Å². The second-order valence-corrected chi connectivity index (χ2v) is 6.85. The molecule has 0 unspecified atom stereocenters. The summed E-state index contributed by atoms with van der Waals surface area (Å²) in [4.78, 5) is 2.38. The van der Waals surface area contributed by atoms with Gasteiger partial charge in [-0.3, -0.25) is 4.68 Å². The number of hydrogen-bond donors (Lipinski definition) is 1. The van der Waals surface area contributed by atoms with Gasteiger partial charge in [-0.15, -0.1) is 0 Å². The molecule has 0 aliphatic rings. The quantitative estimate of drug-likeness (QED) is 0.706. The number of aromatic nitrogens is 2. The molecule has 1 N–H and O–H groups in total. The molecule has 20 heavy (non-hydrogen) atoms. The highest BCUT2D eigenvalue weighted by Crippen LogP contribution is 2.05. The number of nitrogens with one attached hydrogen (secondary N) is 1. The summed E-state index contributed by atoms with van der Waals surface area (Å²) in [5.41, 5.74) is 1.55. The summed E-state index contributed by atoms with van der Waals surface area (Å²) >= 11 is 0. The third-order valence-electron chi connectivity index (χ3n) is 3.33. The van der Waals surface area contributed by atoms with Crippen LogP contribution in [0.3, 0.4) is 0 Å². The van der Waals surface area contributed by atoms with Crippen LogP contribution in [0, 0.1) is 0 Å². The Morgan fingerprint density at radius 1 is 1.20 bits per heavy atom. The van der Waals surface area contributed by atoms with Gasteiger partial charge in [-0.25, -0.2) is 0 Å². The molecule has 1 heterocycles. The Labute approximate surface area is 124 Å². The van der Waals surface area contributed by atoms with E-state index < -0.39 is 0 Å². The topological polar surface area (TPSA) is 33.1 Å². The largest absolute Gasteiger partial charge is 0.312 e. The van der Waals surface area contributed by atoms with Gasteiger partial charge < -0.3 is 10.2 Å². The van der Waals surface area contributed by atoms with Gasteiger partial charge in [0.2, 0.25) is 0 Å². The normalized spacial score (nSPS) is 12.3. The van der Waals surface area contributed by atoms with Crippen molar-refractivity contribution < 1.29 is 0 Å². The van der Waals surface area contributed by atoms with Crippen molar-refractivity contribution in [3.63, 3.8) is 0 Å². The van der Waals surface area contributed by atoms with E-state index in [1.165, 1.54) is 37.8 Å². The van der Waals surface area contributed by atoms with Crippen molar-refractivity contribution >= 4 is 0 Å². The Hall–Kier alpha value is -0.870. The predicted molar refractivity (Wildman–Crippen MR) is 85.8 cm³/mol. The fourth-order valence-electron chi connectivity index (χ4n) is 2.27. The summed E-state index contributed by atoms with van der Waals surface area (Å²) in [5, 5.41) is 7.74. The van der Waals surface area contributed by atoms with Gasteiger partial charge in [0.25, 0.3) is 0 Å². The maximum absolute atomic E-state index is 4.20. The van der Waals surface area contributed by atoms with Crippen molar-refractivity contribution in [1.29, 1.82) is 0 Å². The zero-order valence-electron chi connectivity index (χ0n) is 13.9. The highest BCUT2D eigenvalue weighted by atomic mass is 15.2. The third-order valence-corrected chi connectivity index (χ3v) is 3.33. The molecule has 0 atom stereocenters. The maximum Gasteiger partial charge on any atom is 0.0534 e. The zero-order valence-corrected chi connectivity index (χ0v) is 13.9. The third kappa shape index (κ3) is 8.33. The van der Waals surface area contributed by atoms with E-state index in [2.05, 4.69) is 49.3 Å². The summed E-state index contributed by atoms with van der Waals surface area (Å²) in [5.74, 6) is 0. The van der Waals surface area contributed by atoms with Crippen LogP contribution in [0.15, 0.2) is 12.4 Å². The number of unbranched alkanes of at least 4 members (excludes halogenated alkanes) is 3. The molecular formula is C16H32N4. The van der Waals surface area contributed by atoms with Gasteiger partial charge in [0.05, 0.1) is 6.20 Å². The molecule has 1 aromatic heterocycles. The Morgan fingerprint density at radius 3 is 2.50 bits per heavy atom. The minimum absolute atomic E-state index is 0.254. The molecule has 0 aliphatic carbocycles. The van der Waals surface area contributed by atoms with E-state index >= 15 is 0 Å². The maximum atomic E-state index is 4.20. The first-order valence-corrected chi connectivity index (χ1v) is 7.78. The van der Waals surface area contributed by atoms with Crippen LogP contribution >= 0.6 is 0 Å². The molecule has 0 fully saturated rings. The lowest BCUT2D eigenvalue weighted by atomic mass is 10.1. The predicted octanol–water partition coefficient (Wildman–Crippen LogP) is 2.80. The Kier molecular flexibility index (Phi) is 7.24. The number of rotatable bonds is 9. The molecule has 4 nitrogen and oxygen atoms in total. The second-order valence-electron chi connectivity index (χ2n) is 6.85. The lowest BCUT2D eigenvalue weighted by molar-refractivity contribution is 0.315. The van der Waals surface area contributed by atoms with Crippen LogP contribution in [0.1, 0.15) is 52.0 Å². The van der Waals surface area contributed by atoms with Crippen LogP contribution in [-0.4, -0.2) is 40.4 Å². The molecule has 4 heteroatoms. The van der Waals surface area contributed by atoms with Gasteiger partial charge in [-0.2, -0.15) is 5.10 Å². The number of aryl methyl sites for hydroxylation is 1. The van der Waals surface area contributed by atoms with Crippen LogP contribution in [0.5, 0.6) is 0 Å². The highest BCUT2D eigenvalue weighted by molar-refractivity contribution is 5.02. The first-order valence-electron chi connectivity index (χ1n) is 7.78. The summed E-state index contributed by atoms with van der Waals surface area (Å²) in [6.07, 6.45) is 9.26. The number of nitrogens with zero attached hydrogens (tertiary/aromatic N) is 3. The van der Waals surface area contributed by atoms with Gasteiger partial charge in [0, 0.05) is 30.9 Å². The summed E-state index contributed by atoms with van der Waals surface area (Å²) in [6.45, 7) is 9.97. The molecule has 0 radical (unpaired) electrons. The van der Waals surface area contributed by atoms with Gasteiger partial charge in [-0.05, 0) is 53.8 Å². The molecule has 0 saturated heterocycles. The zero-order chi connectivity index (χ0) is 15.0. The summed E-state index contributed by atoms with van der Waals surface area (Å²) < 4.78 is 1.87. The van der Waals surface area contributed by atoms with Crippen LogP contribution in [-0.2, 0) is 13.6 Å². The monoisotopic (exact) mass is 280 g/mol. The van der Waals surface area contributed by atoms with E-state index in [0.29, 0.717) is 0 Å². The van der Waals surface area contributed by atoms with Crippen LogP contribution in [0.2, 0.25) is 0 Å². The lowest BCUT2D eigenvalue weighted by Gasteiger charge is -2.20. The molecule has 1 rings (SSSR count). The molecule has 0 aliphatic heterocycles. The standard InChI is InChI=1S/C16H32N4/c1-16(2,3)17-10-8-6-7-9-11-19(4)13-15-12-18-20(5)14-15/h12,14,17H,6-11,13H2,1-5H3. The lowest BCUT2D eigenvalue weighted by Crippen LogP contribution is -2.36. The molecule has 0 amide bonds. The van der Waals surface area contributed by atoms with Crippen molar-refractivity contribution in [2.24, 2.45) is 7.05 Å².